The third kappa shape index (κ3) is 4.39. The lowest BCUT2D eigenvalue weighted by Crippen LogP contribution is -2.26. The SMILES string of the molecule is COc1cccc(C(=O)CN(C)Cc2cccc(C)n2)c1. The Morgan fingerprint density at radius 3 is 2.71 bits per heavy atom. The molecule has 0 unspecified atom stereocenters. The minimum Gasteiger partial charge on any atom is -0.497 e. The van der Waals surface area contributed by atoms with Gasteiger partial charge in [0, 0.05) is 17.8 Å². The summed E-state index contributed by atoms with van der Waals surface area (Å²) in [5, 5.41) is 0. The van der Waals surface area contributed by atoms with Crippen molar-refractivity contribution in [3.63, 3.8) is 0 Å². The first-order valence-electron chi connectivity index (χ1n) is 6.87. The maximum atomic E-state index is 12.3. The van der Waals surface area contributed by atoms with E-state index < -0.39 is 0 Å². The summed E-state index contributed by atoms with van der Waals surface area (Å²) in [6.07, 6.45) is 0. The number of aryl methyl sites for hydroxylation is 1. The Morgan fingerprint density at radius 1 is 1.24 bits per heavy atom. The van der Waals surface area contributed by atoms with Crippen molar-refractivity contribution in [2.24, 2.45) is 0 Å². The Balaban J connectivity index is 1.98. The van der Waals surface area contributed by atoms with Gasteiger partial charge in [-0.2, -0.15) is 0 Å². The number of rotatable bonds is 6. The second-order valence-electron chi connectivity index (χ2n) is 5.10. The normalized spacial score (nSPS) is 10.7. The molecule has 0 atom stereocenters. The van der Waals surface area contributed by atoms with Crippen LogP contribution in [-0.2, 0) is 6.54 Å². The number of methoxy groups -OCH3 is 1. The maximum Gasteiger partial charge on any atom is 0.176 e. The lowest BCUT2D eigenvalue weighted by Gasteiger charge is -2.15. The van der Waals surface area contributed by atoms with Crippen molar-refractivity contribution >= 4 is 5.78 Å². The molecule has 0 saturated heterocycles. The quantitative estimate of drug-likeness (QED) is 0.765. The summed E-state index contributed by atoms with van der Waals surface area (Å²) in [4.78, 5) is 18.7. The highest BCUT2D eigenvalue weighted by Crippen LogP contribution is 2.13. The molecule has 110 valence electrons. The van der Waals surface area contributed by atoms with Crippen LogP contribution < -0.4 is 4.74 Å². The summed E-state index contributed by atoms with van der Waals surface area (Å²) in [5.74, 6) is 0.771. The number of carbonyl (C=O) groups excluding carboxylic acids is 1. The van der Waals surface area contributed by atoms with Crippen LogP contribution >= 0.6 is 0 Å². The topological polar surface area (TPSA) is 42.4 Å². The minimum absolute atomic E-state index is 0.0732. The van der Waals surface area contributed by atoms with E-state index in [-0.39, 0.29) is 5.78 Å². The van der Waals surface area contributed by atoms with E-state index in [0.717, 1.165) is 11.4 Å². The predicted molar refractivity (Wildman–Crippen MR) is 82.6 cm³/mol. The van der Waals surface area contributed by atoms with Gasteiger partial charge in [0.2, 0.25) is 0 Å². The average molecular weight is 284 g/mol. The fraction of sp³-hybridized carbons (Fsp3) is 0.294. The molecule has 0 aliphatic rings. The Kier molecular flexibility index (Phi) is 5.06. The van der Waals surface area contributed by atoms with Gasteiger partial charge in [0.15, 0.2) is 5.78 Å². The predicted octanol–water partition coefficient (Wildman–Crippen LogP) is 2.71. The molecule has 1 aromatic carbocycles. The van der Waals surface area contributed by atoms with Crippen LogP contribution in [0.3, 0.4) is 0 Å². The largest absolute Gasteiger partial charge is 0.497 e. The average Bonchev–Trinajstić information content (AvgIpc) is 2.47. The van der Waals surface area contributed by atoms with Gasteiger partial charge in [0.25, 0.3) is 0 Å². The lowest BCUT2D eigenvalue weighted by atomic mass is 10.1. The van der Waals surface area contributed by atoms with Crippen LogP contribution in [0, 0.1) is 6.92 Å². The van der Waals surface area contributed by atoms with Gasteiger partial charge in [0.05, 0.1) is 19.3 Å². The van der Waals surface area contributed by atoms with Gasteiger partial charge in [-0.15, -0.1) is 0 Å². The fourth-order valence-electron chi connectivity index (χ4n) is 2.15. The number of carbonyl (C=O) groups is 1. The van der Waals surface area contributed by atoms with Crippen molar-refractivity contribution in [2.75, 3.05) is 20.7 Å². The van der Waals surface area contributed by atoms with Crippen molar-refractivity contribution < 1.29 is 9.53 Å². The summed E-state index contributed by atoms with van der Waals surface area (Å²) in [6.45, 7) is 2.96. The zero-order chi connectivity index (χ0) is 15.2. The van der Waals surface area contributed by atoms with Gasteiger partial charge in [0.1, 0.15) is 5.75 Å². The molecule has 0 saturated carbocycles. The van der Waals surface area contributed by atoms with Crippen molar-refractivity contribution in [1.29, 1.82) is 0 Å². The highest BCUT2D eigenvalue weighted by Gasteiger charge is 2.11. The van der Waals surface area contributed by atoms with Crippen LogP contribution in [0.15, 0.2) is 42.5 Å². The number of benzene rings is 1. The molecule has 4 heteroatoms. The van der Waals surface area contributed by atoms with Gasteiger partial charge in [-0.05, 0) is 38.2 Å². The summed E-state index contributed by atoms with van der Waals surface area (Å²) in [6, 6.07) is 13.1. The molecular weight excluding hydrogens is 264 g/mol. The van der Waals surface area contributed by atoms with Gasteiger partial charge in [-0.1, -0.05) is 18.2 Å². The van der Waals surface area contributed by atoms with Crippen molar-refractivity contribution in [3.8, 4) is 5.75 Å². The van der Waals surface area contributed by atoms with Crippen LogP contribution in [0.25, 0.3) is 0 Å². The van der Waals surface area contributed by atoms with E-state index in [1.54, 1.807) is 13.2 Å². The van der Waals surface area contributed by atoms with Crippen LogP contribution in [-0.4, -0.2) is 36.4 Å². The number of hydrogen-bond acceptors (Lipinski definition) is 4. The van der Waals surface area contributed by atoms with Crippen LogP contribution in [0.5, 0.6) is 5.75 Å². The molecule has 0 aliphatic heterocycles. The van der Waals surface area contributed by atoms with Gasteiger partial charge in [-0.3, -0.25) is 14.7 Å². The Bertz CT molecular complexity index is 626. The first kappa shape index (κ1) is 15.2. The van der Waals surface area contributed by atoms with Crippen molar-refractivity contribution in [2.45, 2.75) is 13.5 Å². The monoisotopic (exact) mass is 284 g/mol. The molecule has 1 aromatic heterocycles. The van der Waals surface area contributed by atoms with Crippen molar-refractivity contribution in [3.05, 3.63) is 59.4 Å². The van der Waals surface area contributed by atoms with Crippen LogP contribution in [0.4, 0.5) is 0 Å². The molecule has 0 N–H and O–H groups in total. The molecule has 0 bridgehead atoms. The van der Waals surface area contributed by atoms with E-state index in [9.17, 15) is 4.79 Å². The zero-order valence-electron chi connectivity index (χ0n) is 12.7. The smallest absolute Gasteiger partial charge is 0.176 e. The number of pyridine rings is 1. The third-order valence-electron chi connectivity index (χ3n) is 3.18. The molecule has 2 aromatic rings. The summed E-state index contributed by atoms with van der Waals surface area (Å²) < 4.78 is 5.14. The summed E-state index contributed by atoms with van der Waals surface area (Å²) in [5.41, 5.74) is 2.62. The molecule has 0 fully saturated rings. The summed E-state index contributed by atoms with van der Waals surface area (Å²) in [7, 11) is 3.52. The number of nitrogens with zero attached hydrogens (tertiary/aromatic N) is 2. The van der Waals surface area contributed by atoms with Crippen molar-refractivity contribution in [1.82, 2.24) is 9.88 Å². The molecule has 0 aliphatic carbocycles. The number of ketones is 1. The molecule has 2 rings (SSSR count). The number of ether oxygens (including phenoxy) is 1. The Labute approximate surface area is 125 Å². The molecular formula is C17H20N2O2. The van der Waals surface area contributed by atoms with E-state index in [2.05, 4.69) is 4.98 Å². The first-order valence-corrected chi connectivity index (χ1v) is 6.87. The summed E-state index contributed by atoms with van der Waals surface area (Å²) >= 11 is 0. The molecule has 0 amide bonds. The number of Topliss-reactive ketones (excluding diaryl/α,β-unsaturated/α-hetero) is 1. The highest BCUT2D eigenvalue weighted by molar-refractivity contribution is 5.97. The standard InChI is InChI=1S/C17H20N2O2/c1-13-6-4-8-15(18-13)11-19(2)12-17(20)14-7-5-9-16(10-14)21-3/h4-10H,11-12H2,1-3H3. The Hall–Kier alpha value is -2.20. The van der Waals surface area contributed by atoms with E-state index in [1.807, 2.05) is 55.3 Å². The highest BCUT2D eigenvalue weighted by atomic mass is 16.5. The van der Waals surface area contributed by atoms with Gasteiger partial charge < -0.3 is 4.74 Å². The lowest BCUT2D eigenvalue weighted by molar-refractivity contribution is 0.0942. The first-order chi connectivity index (χ1) is 10.1. The van der Waals surface area contributed by atoms with Gasteiger partial charge in [-0.25, -0.2) is 0 Å². The van der Waals surface area contributed by atoms with E-state index in [4.69, 9.17) is 4.74 Å². The van der Waals surface area contributed by atoms with E-state index in [1.165, 1.54) is 0 Å². The zero-order valence-corrected chi connectivity index (χ0v) is 12.7. The molecule has 0 spiro atoms. The minimum atomic E-state index is 0.0732. The molecule has 1 heterocycles. The second-order valence-corrected chi connectivity index (χ2v) is 5.10. The fourth-order valence-corrected chi connectivity index (χ4v) is 2.15. The molecule has 21 heavy (non-hydrogen) atoms. The van der Waals surface area contributed by atoms with E-state index in [0.29, 0.717) is 24.4 Å². The molecule has 0 radical (unpaired) electrons. The maximum absolute atomic E-state index is 12.3. The number of likely N-dealkylation sites (N-methyl/N-ethyl adjacent to an activating group) is 1. The van der Waals surface area contributed by atoms with Gasteiger partial charge >= 0.3 is 0 Å². The number of aromatic nitrogens is 1. The second kappa shape index (κ2) is 6.99. The third-order valence-corrected chi connectivity index (χ3v) is 3.18. The van der Waals surface area contributed by atoms with Crippen LogP contribution in [0.1, 0.15) is 21.7 Å². The number of hydrogen-bond donors (Lipinski definition) is 0. The van der Waals surface area contributed by atoms with E-state index >= 15 is 0 Å². The Morgan fingerprint density at radius 2 is 2.00 bits per heavy atom. The molecule has 4 nitrogen and oxygen atoms in total. The van der Waals surface area contributed by atoms with Crippen LogP contribution in [0.2, 0.25) is 0 Å².